The Hall–Kier alpha value is -3.81. The van der Waals surface area contributed by atoms with Crippen LogP contribution in [0.3, 0.4) is 0 Å². The Balaban J connectivity index is 1.53. The molecule has 3 aromatic heterocycles. The summed E-state index contributed by atoms with van der Waals surface area (Å²) in [5.41, 5.74) is 4.51. The number of aryl methyl sites for hydroxylation is 1. The number of benzene rings is 1. The minimum Gasteiger partial charge on any atom is -0.334 e. The summed E-state index contributed by atoms with van der Waals surface area (Å²) in [6.45, 7) is 1.14. The van der Waals surface area contributed by atoms with E-state index in [1.54, 1.807) is 30.9 Å². The summed E-state index contributed by atoms with van der Waals surface area (Å²) in [6.07, 6.45) is 5.71. The number of nitrogens with zero attached hydrogens (tertiary/aromatic N) is 7. The van der Waals surface area contributed by atoms with Crippen LogP contribution in [0.2, 0.25) is 0 Å². The lowest BCUT2D eigenvalue weighted by atomic mass is 10.0. The molecule has 0 atom stereocenters. The van der Waals surface area contributed by atoms with E-state index in [2.05, 4.69) is 15.2 Å². The summed E-state index contributed by atoms with van der Waals surface area (Å²) in [5, 5.41) is 13.2. The lowest BCUT2D eigenvalue weighted by molar-refractivity contribution is 0.0733. The molecular formula is C21H19N7O. The number of carbonyl (C=O) groups is 1. The number of para-hydroxylation sites is 1. The minimum absolute atomic E-state index is 0.00243. The Bertz CT molecular complexity index is 1160. The summed E-state index contributed by atoms with van der Waals surface area (Å²) < 4.78 is 3.81. The Kier molecular flexibility index (Phi) is 4.16. The van der Waals surface area contributed by atoms with Gasteiger partial charge in [0.25, 0.3) is 5.91 Å². The second kappa shape index (κ2) is 6.97. The minimum atomic E-state index is -0.00243. The second-order valence-corrected chi connectivity index (χ2v) is 6.97. The molecule has 0 bridgehead atoms. The first kappa shape index (κ1) is 17.3. The number of rotatable bonds is 3. The summed E-state index contributed by atoms with van der Waals surface area (Å²) in [4.78, 5) is 18.8. The van der Waals surface area contributed by atoms with Gasteiger partial charge >= 0.3 is 0 Å². The largest absolute Gasteiger partial charge is 0.334 e. The van der Waals surface area contributed by atoms with Crippen LogP contribution in [0.1, 0.15) is 21.6 Å². The molecule has 1 aromatic carbocycles. The molecule has 5 rings (SSSR count). The van der Waals surface area contributed by atoms with E-state index in [9.17, 15) is 4.79 Å². The Morgan fingerprint density at radius 3 is 2.66 bits per heavy atom. The zero-order valence-electron chi connectivity index (χ0n) is 15.9. The molecule has 8 nitrogen and oxygen atoms in total. The van der Waals surface area contributed by atoms with Gasteiger partial charge in [-0.15, -0.1) is 10.2 Å². The first-order chi connectivity index (χ1) is 14.2. The van der Waals surface area contributed by atoms with Crippen molar-refractivity contribution in [2.75, 3.05) is 6.54 Å². The summed E-state index contributed by atoms with van der Waals surface area (Å²) >= 11 is 0. The van der Waals surface area contributed by atoms with Crippen molar-refractivity contribution in [3.63, 3.8) is 0 Å². The van der Waals surface area contributed by atoms with Crippen LogP contribution in [0.5, 0.6) is 0 Å². The van der Waals surface area contributed by atoms with Gasteiger partial charge in [0.1, 0.15) is 12.0 Å². The fraction of sp³-hybridized carbons (Fsp3) is 0.190. The fourth-order valence-corrected chi connectivity index (χ4v) is 3.80. The van der Waals surface area contributed by atoms with E-state index >= 15 is 0 Å². The van der Waals surface area contributed by atoms with Gasteiger partial charge < -0.3 is 4.90 Å². The molecule has 0 unspecified atom stereocenters. The molecular weight excluding hydrogens is 366 g/mol. The van der Waals surface area contributed by atoms with Gasteiger partial charge in [-0.25, -0.2) is 0 Å². The molecule has 4 heterocycles. The molecule has 1 aliphatic heterocycles. The van der Waals surface area contributed by atoms with Crippen molar-refractivity contribution in [3.05, 3.63) is 78.0 Å². The predicted octanol–water partition coefficient (Wildman–Crippen LogP) is 2.26. The molecule has 1 aliphatic rings. The molecule has 0 spiro atoms. The zero-order valence-corrected chi connectivity index (χ0v) is 15.9. The van der Waals surface area contributed by atoms with E-state index in [4.69, 9.17) is 5.10 Å². The van der Waals surface area contributed by atoms with E-state index in [1.165, 1.54) is 0 Å². The van der Waals surface area contributed by atoms with Crippen molar-refractivity contribution in [2.45, 2.75) is 13.0 Å². The SMILES string of the molecule is Cn1nc(-c2nncn2-c2ccccc2)c2c1CCN(C(=O)c1ccncc1)C2. The maximum Gasteiger partial charge on any atom is 0.254 e. The van der Waals surface area contributed by atoms with Crippen LogP contribution in [-0.4, -0.2) is 46.9 Å². The van der Waals surface area contributed by atoms with E-state index in [0.717, 1.165) is 29.1 Å². The fourth-order valence-electron chi connectivity index (χ4n) is 3.80. The quantitative estimate of drug-likeness (QED) is 0.540. The number of aromatic nitrogens is 6. The average molecular weight is 385 g/mol. The number of hydrogen-bond donors (Lipinski definition) is 0. The summed E-state index contributed by atoms with van der Waals surface area (Å²) in [5.74, 6) is 0.670. The number of hydrogen-bond acceptors (Lipinski definition) is 5. The van der Waals surface area contributed by atoms with E-state index < -0.39 is 0 Å². The Labute approximate surface area is 167 Å². The predicted molar refractivity (Wildman–Crippen MR) is 106 cm³/mol. The highest BCUT2D eigenvalue weighted by Gasteiger charge is 2.29. The van der Waals surface area contributed by atoms with Gasteiger partial charge in [0, 0.05) is 54.9 Å². The van der Waals surface area contributed by atoms with Crippen LogP contribution in [0.4, 0.5) is 0 Å². The molecule has 4 aromatic rings. The number of carbonyl (C=O) groups excluding carboxylic acids is 1. The molecule has 29 heavy (non-hydrogen) atoms. The molecule has 0 N–H and O–H groups in total. The average Bonchev–Trinajstić information content (AvgIpc) is 3.39. The molecule has 0 aliphatic carbocycles. The second-order valence-electron chi connectivity index (χ2n) is 6.97. The van der Waals surface area contributed by atoms with Crippen LogP contribution in [-0.2, 0) is 20.0 Å². The van der Waals surface area contributed by atoms with E-state index in [0.29, 0.717) is 24.5 Å². The summed E-state index contributed by atoms with van der Waals surface area (Å²) in [7, 11) is 1.94. The van der Waals surface area contributed by atoms with Crippen molar-refractivity contribution >= 4 is 5.91 Å². The van der Waals surface area contributed by atoms with Gasteiger partial charge in [-0.3, -0.25) is 19.0 Å². The monoisotopic (exact) mass is 385 g/mol. The number of pyridine rings is 1. The van der Waals surface area contributed by atoms with Crippen LogP contribution in [0.25, 0.3) is 17.2 Å². The third-order valence-corrected chi connectivity index (χ3v) is 5.25. The van der Waals surface area contributed by atoms with Crippen molar-refractivity contribution < 1.29 is 4.79 Å². The standard InChI is InChI=1S/C21H19N7O/c1-26-18-9-12-27(21(29)15-7-10-22-11-8-15)13-17(18)19(25-26)20-24-23-14-28(20)16-5-3-2-4-6-16/h2-8,10-11,14H,9,12-13H2,1H3. The molecule has 0 saturated heterocycles. The number of amides is 1. The Morgan fingerprint density at radius 2 is 1.86 bits per heavy atom. The normalized spacial score (nSPS) is 13.3. The van der Waals surface area contributed by atoms with E-state index in [1.807, 2.05) is 51.5 Å². The first-order valence-electron chi connectivity index (χ1n) is 9.42. The van der Waals surface area contributed by atoms with Gasteiger partial charge in [-0.05, 0) is 24.3 Å². The van der Waals surface area contributed by atoms with E-state index in [-0.39, 0.29) is 5.91 Å². The van der Waals surface area contributed by atoms with Crippen molar-refractivity contribution in [2.24, 2.45) is 7.05 Å². The smallest absolute Gasteiger partial charge is 0.254 e. The molecule has 8 heteroatoms. The van der Waals surface area contributed by atoms with Gasteiger partial charge in [0.15, 0.2) is 5.82 Å². The lowest BCUT2D eigenvalue weighted by Crippen LogP contribution is -2.36. The highest BCUT2D eigenvalue weighted by Crippen LogP contribution is 2.30. The highest BCUT2D eigenvalue weighted by atomic mass is 16.2. The third kappa shape index (κ3) is 2.98. The van der Waals surface area contributed by atoms with Crippen molar-refractivity contribution in [1.82, 2.24) is 34.4 Å². The Morgan fingerprint density at radius 1 is 1.07 bits per heavy atom. The first-order valence-corrected chi connectivity index (χ1v) is 9.42. The van der Waals surface area contributed by atoms with Crippen LogP contribution in [0, 0.1) is 0 Å². The van der Waals surface area contributed by atoms with Crippen LogP contribution in [0.15, 0.2) is 61.2 Å². The van der Waals surface area contributed by atoms with Crippen LogP contribution < -0.4 is 0 Å². The van der Waals surface area contributed by atoms with Gasteiger partial charge in [0.2, 0.25) is 0 Å². The van der Waals surface area contributed by atoms with Crippen molar-refractivity contribution in [3.8, 4) is 17.2 Å². The molecule has 0 radical (unpaired) electrons. The maximum absolute atomic E-state index is 12.9. The molecule has 0 fully saturated rings. The molecule has 144 valence electrons. The lowest BCUT2D eigenvalue weighted by Gasteiger charge is -2.27. The zero-order chi connectivity index (χ0) is 19.8. The topological polar surface area (TPSA) is 81.7 Å². The molecule has 1 amide bonds. The van der Waals surface area contributed by atoms with Gasteiger partial charge in [0.05, 0.1) is 6.54 Å². The molecule has 0 saturated carbocycles. The highest BCUT2D eigenvalue weighted by molar-refractivity contribution is 5.94. The van der Waals surface area contributed by atoms with Crippen LogP contribution >= 0.6 is 0 Å². The maximum atomic E-state index is 12.9. The van der Waals surface area contributed by atoms with Crippen molar-refractivity contribution in [1.29, 1.82) is 0 Å². The van der Waals surface area contributed by atoms with Gasteiger partial charge in [-0.2, -0.15) is 5.10 Å². The number of fused-ring (bicyclic) bond motifs is 1. The summed E-state index contributed by atoms with van der Waals surface area (Å²) in [6, 6.07) is 13.4. The third-order valence-electron chi connectivity index (χ3n) is 5.25. The van der Waals surface area contributed by atoms with Gasteiger partial charge in [-0.1, -0.05) is 18.2 Å².